The minimum Gasteiger partial charge on any atom is -0.325 e. The zero-order valence-electron chi connectivity index (χ0n) is 7.19. The molecule has 0 aliphatic rings. The van der Waals surface area contributed by atoms with Gasteiger partial charge >= 0.3 is 0 Å². The van der Waals surface area contributed by atoms with Gasteiger partial charge in [-0.1, -0.05) is 17.7 Å². The summed E-state index contributed by atoms with van der Waals surface area (Å²) >= 11 is 14.6. The van der Waals surface area contributed by atoms with Crippen molar-refractivity contribution in [2.75, 3.05) is 11.2 Å². The van der Waals surface area contributed by atoms with Gasteiger partial charge in [0, 0.05) is 12.3 Å². The fraction of sp³-hybridized carbons (Fsp3) is 0.222. The van der Waals surface area contributed by atoms with Crippen LogP contribution in [0.2, 0.25) is 5.02 Å². The molecule has 1 aromatic rings. The Hall–Kier alpha value is -0.250. The van der Waals surface area contributed by atoms with Crippen molar-refractivity contribution in [1.82, 2.24) is 0 Å². The van der Waals surface area contributed by atoms with E-state index in [-0.39, 0.29) is 5.91 Å². The number of halogens is 3. The fourth-order valence-corrected chi connectivity index (χ4v) is 1.61. The third kappa shape index (κ3) is 3.15. The van der Waals surface area contributed by atoms with Gasteiger partial charge in [-0.3, -0.25) is 4.79 Å². The van der Waals surface area contributed by atoms with E-state index in [1.165, 1.54) is 0 Å². The summed E-state index contributed by atoms with van der Waals surface area (Å²) in [6, 6.07) is 5.27. The van der Waals surface area contributed by atoms with Gasteiger partial charge in [0.2, 0.25) is 5.91 Å². The molecule has 1 N–H and O–H groups in total. The highest BCUT2D eigenvalue weighted by Gasteiger charge is 2.06. The normalized spacial score (nSPS) is 9.93. The molecule has 0 atom stereocenters. The highest BCUT2D eigenvalue weighted by atomic mass is 79.9. The van der Waals surface area contributed by atoms with Crippen LogP contribution in [0.25, 0.3) is 0 Å². The number of carbonyl (C=O) groups is 1. The highest BCUT2D eigenvalue weighted by Crippen LogP contribution is 2.29. The summed E-state index contributed by atoms with van der Waals surface area (Å²) in [5, 5.41) is 3.26. The van der Waals surface area contributed by atoms with Crippen LogP contribution in [0.3, 0.4) is 0 Å². The molecule has 1 aromatic carbocycles. The van der Waals surface area contributed by atoms with Gasteiger partial charge in [0.25, 0.3) is 0 Å². The Morgan fingerprint density at radius 1 is 1.50 bits per heavy atom. The summed E-state index contributed by atoms with van der Waals surface area (Å²) in [7, 11) is 0. The van der Waals surface area contributed by atoms with Crippen LogP contribution in [0.4, 0.5) is 5.69 Å². The standard InChI is InChI=1S/C9H8BrCl2NO/c10-9-6(12)2-1-3-7(9)13-8(14)4-5-11/h1-3H,4-5H2,(H,13,14). The van der Waals surface area contributed by atoms with Crippen LogP contribution in [0.5, 0.6) is 0 Å². The summed E-state index contributed by atoms with van der Waals surface area (Å²) in [4.78, 5) is 11.2. The Balaban J connectivity index is 2.76. The number of amides is 1. The maximum absolute atomic E-state index is 11.2. The van der Waals surface area contributed by atoms with Gasteiger partial charge in [0.15, 0.2) is 0 Å². The molecule has 1 rings (SSSR count). The lowest BCUT2D eigenvalue weighted by atomic mass is 10.3. The summed E-state index contributed by atoms with van der Waals surface area (Å²) in [6.07, 6.45) is 0.292. The van der Waals surface area contributed by atoms with E-state index in [0.29, 0.717) is 27.5 Å². The van der Waals surface area contributed by atoms with Gasteiger partial charge in [0.05, 0.1) is 15.2 Å². The molecular weight excluding hydrogens is 289 g/mol. The van der Waals surface area contributed by atoms with E-state index in [0.717, 1.165) is 0 Å². The second-order valence-corrected chi connectivity index (χ2v) is 4.17. The zero-order valence-corrected chi connectivity index (χ0v) is 10.3. The molecule has 5 heteroatoms. The monoisotopic (exact) mass is 295 g/mol. The summed E-state index contributed by atoms with van der Waals surface area (Å²) < 4.78 is 0.685. The molecule has 0 unspecified atom stereocenters. The van der Waals surface area contributed by atoms with E-state index in [9.17, 15) is 4.79 Å². The van der Waals surface area contributed by atoms with Crippen molar-refractivity contribution >= 4 is 50.7 Å². The second-order valence-electron chi connectivity index (χ2n) is 2.59. The lowest BCUT2D eigenvalue weighted by Gasteiger charge is -2.07. The molecule has 0 aromatic heterocycles. The lowest BCUT2D eigenvalue weighted by Crippen LogP contribution is -2.11. The van der Waals surface area contributed by atoms with E-state index in [2.05, 4.69) is 21.2 Å². The molecule has 0 saturated carbocycles. The SMILES string of the molecule is O=C(CCCl)Nc1cccc(Cl)c1Br. The predicted octanol–water partition coefficient (Wildman–Crippen LogP) is 3.67. The molecule has 0 aliphatic carbocycles. The first-order chi connectivity index (χ1) is 6.65. The maximum atomic E-state index is 11.2. The Kier molecular flexibility index (Phi) is 4.72. The van der Waals surface area contributed by atoms with E-state index < -0.39 is 0 Å². The molecule has 0 heterocycles. The smallest absolute Gasteiger partial charge is 0.225 e. The topological polar surface area (TPSA) is 29.1 Å². The van der Waals surface area contributed by atoms with Crippen LogP contribution in [-0.2, 0) is 4.79 Å². The van der Waals surface area contributed by atoms with E-state index in [1.54, 1.807) is 18.2 Å². The number of anilines is 1. The summed E-state index contributed by atoms with van der Waals surface area (Å²) in [6.45, 7) is 0. The summed E-state index contributed by atoms with van der Waals surface area (Å²) in [5.41, 5.74) is 0.660. The number of alkyl halides is 1. The fourth-order valence-electron chi connectivity index (χ4n) is 0.899. The first-order valence-corrected chi connectivity index (χ1v) is 5.65. The Labute approximate surface area is 101 Å². The average molecular weight is 297 g/mol. The van der Waals surface area contributed by atoms with Gasteiger partial charge in [0.1, 0.15) is 0 Å². The Morgan fingerprint density at radius 3 is 2.86 bits per heavy atom. The number of hydrogen-bond acceptors (Lipinski definition) is 1. The van der Waals surface area contributed by atoms with Crippen LogP contribution in [0.1, 0.15) is 6.42 Å². The first-order valence-electron chi connectivity index (χ1n) is 3.95. The molecule has 1 amide bonds. The molecule has 0 spiro atoms. The van der Waals surface area contributed by atoms with Crippen LogP contribution in [-0.4, -0.2) is 11.8 Å². The molecule has 14 heavy (non-hydrogen) atoms. The second kappa shape index (κ2) is 5.59. The van der Waals surface area contributed by atoms with Gasteiger partial charge in [-0.25, -0.2) is 0 Å². The van der Waals surface area contributed by atoms with Crippen molar-refractivity contribution in [3.8, 4) is 0 Å². The van der Waals surface area contributed by atoms with Gasteiger partial charge < -0.3 is 5.32 Å². The Morgan fingerprint density at radius 2 is 2.21 bits per heavy atom. The van der Waals surface area contributed by atoms with E-state index in [1.807, 2.05) is 0 Å². The van der Waals surface area contributed by atoms with Crippen LogP contribution in [0.15, 0.2) is 22.7 Å². The largest absolute Gasteiger partial charge is 0.325 e. The zero-order chi connectivity index (χ0) is 10.6. The molecule has 0 fully saturated rings. The lowest BCUT2D eigenvalue weighted by molar-refractivity contribution is -0.115. The number of rotatable bonds is 3. The van der Waals surface area contributed by atoms with Crippen LogP contribution >= 0.6 is 39.1 Å². The molecule has 2 nitrogen and oxygen atoms in total. The van der Waals surface area contributed by atoms with E-state index >= 15 is 0 Å². The van der Waals surface area contributed by atoms with Crippen molar-refractivity contribution in [2.24, 2.45) is 0 Å². The molecule has 0 bridgehead atoms. The summed E-state index contributed by atoms with van der Waals surface area (Å²) in [5.74, 6) is 0.187. The first kappa shape index (κ1) is 11.8. The van der Waals surface area contributed by atoms with Crippen LogP contribution < -0.4 is 5.32 Å². The molecule has 0 saturated heterocycles. The van der Waals surface area contributed by atoms with Crippen LogP contribution in [0, 0.1) is 0 Å². The van der Waals surface area contributed by atoms with Crippen molar-refractivity contribution in [3.63, 3.8) is 0 Å². The number of hydrogen-bond donors (Lipinski definition) is 1. The number of carbonyl (C=O) groups excluding carboxylic acids is 1. The molecule has 0 radical (unpaired) electrons. The van der Waals surface area contributed by atoms with Crippen molar-refractivity contribution in [1.29, 1.82) is 0 Å². The van der Waals surface area contributed by atoms with E-state index in [4.69, 9.17) is 23.2 Å². The van der Waals surface area contributed by atoms with Gasteiger partial charge in [-0.15, -0.1) is 11.6 Å². The molecular formula is C9H8BrCl2NO. The minimum absolute atomic E-state index is 0.122. The molecule has 76 valence electrons. The predicted molar refractivity (Wildman–Crippen MR) is 63.1 cm³/mol. The maximum Gasteiger partial charge on any atom is 0.225 e. The van der Waals surface area contributed by atoms with Gasteiger partial charge in [-0.05, 0) is 28.1 Å². The highest BCUT2D eigenvalue weighted by molar-refractivity contribution is 9.10. The molecule has 0 aliphatic heterocycles. The average Bonchev–Trinajstić information content (AvgIpc) is 2.13. The third-order valence-corrected chi connectivity index (χ3v) is 3.13. The number of benzene rings is 1. The van der Waals surface area contributed by atoms with Crippen molar-refractivity contribution in [2.45, 2.75) is 6.42 Å². The van der Waals surface area contributed by atoms with Crippen molar-refractivity contribution < 1.29 is 4.79 Å². The van der Waals surface area contributed by atoms with Crippen molar-refractivity contribution in [3.05, 3.63) is 27.7 Å². The number of nitrogens with one attached hydrogen (secondary N) is 1. The minimum atomic E-state index is -0.122. The Bertz CT molecular complexity index is 344. The third-order valence-electron chi connectivity index (χ3n) is 1.55. The van der Waals surface area contributed by atoms with Gasteiger partial charge in [-0.2, -0.15) is 0 Å². The quantitative estimate of drug-likeness (QED) is 0.847.